The van der Waals surface area contributed by atoms with Gasteiger partial charge < -0.3 is 19.7 Å². The van der Waals surface area contributed by atoms with E-state index in [0.717, 1.165) is 30.4 Å². The molecule has 2 aliphatic rings. The van der Waals surface area contributed by atoms with Crippen molar-refractivity contribution in [2.24, 2.45) is 10.9 Å². The van der Waals surface area contributed by atoms with Crippen LogP contribution in [0.3, 0.4) is 0 Å². The summed E-state index contributed by atoms with van der Waals surface area (Å²) in [5.41, 5.74) is 1.06. The summed E-state index contributed by atoms with van der Waals surface area (Å²) >= 11 is 6.29. The molecule has 1 unspecified atom stereocenters. The molecule has 134 valence electrons. The number of halogens is 2. The van der Waals surface area contributed by atoms with E-state index in [-0.39, 0.29) is 24.0 Å². The molecule has 1 N–H and O–H groups in total. The quantitative estimate of drug-likeness (QED) is 0.412. The second kappa shape index (κ2) is 8.99. The van der Waals surface area contributed by atoms with Gasteiger partial charge in [-0.05, 0) is 36.5 Å². The molecule has 1 aromatic carbocycles. The third-order valence-electron chi connectivity index (χ3n) is 4.28. The average Bonchev–Trinajstić information content (AvgIpc) is 2.56. The zero-order chi connectivity index (χ0) is 16.2. The number of hydrogen-bond acceptors (Lipinski definition) is 3. The second-order valence-electron chi connectivity index (χ2n) is 6.20. The van der Waals surface area contributed by atoms with Crippen LogP contribution in [0.1, 0.15) is 25.3 Å². The summed E-state index contributed by atoms with van der Waals surface area (Å²) < 4.78 is 11.2. The van der Waals surface area contributed by atoms with Crippen molar-refractivity contribution < 1.29 is 9.47 Å². The molecule has 24 heavy (non-hydrogen) atoms. The number of hydrogen-bond donors (Lipinski definition) is 1. The number of guanidine groups is 1. The van der Waals surface area contributed by atoms with Gasteiger partial charge in [-0.3, -0.25) is 4.99 Å². The number of aliphatic imine (C=N–C) groups is 1. The van der Waals surface area contributed by atoms with Crippen molar-refractivity contribution in [3.8, 4) is 11.5 Å². The van der Waals surface area contributed by atoms with Gasteiger partial charge in [-0.1, -0.05) is 18.5 Å². The molecule has 0 saturated carbocycles. The lowest BCUT2D eigenvalue weighted by Crippen LogP contribution is -2.45. The van der Waals surface area contributed by atoms with Crippen LogP contribution in [0.15, 0.2) is 17.1 Å². The van der Waals surface area contributed by atoms with Crippen molar-refractivity contribution in [2.45, 2.75) is 26.3 Å². The van der Waals surface area contributed by atoms with Crippen LogP contribution in [-0.2, 0) is 6.54 Å². The van der Waals surface area contributed by atoms with Gasteiger partial charge in [0.25, 0.3) is 0 Å². The highest BCUT2D eigenvalue weighted by Gasteiger charge is 2.20. The van der Waals surface area contributed by atoms with Crippen LogP contribution in [0.2, 0.25) is 5.02 Å². The van der Waals surface area contributed by atoms with Crippen molar-refractivity contribution >= 4 is 41.5 Å². The highest BCUT2D eigenvalue weighted by atomic mass is 127. The molecule has 3 rings (SSSR count). The minimum absolute atomic E-state index is 0. The number of nitrogens with zero attached hydrogens (tertiary/aromatic N) is 2. The predicted octanol–water partition coefficient (Wildman–Crippen LogP) is 3.54. The maximum Gasteiger partial charge on any atom is 0.193 e. The first-order valence-corrected chi connectivity index (χ1v) is 8.59. The first kappa shape index (κ1) is 19.4. The largest absolute Gasteiger partial charge is 0.486 e. The molecule has 1 aromatic rings. The number of rotatable bonds is 2. The molecule has 0 spiro atoms. The average molecular weight is 466 g/mol. The van der Waals surface area contributed by atoms with Gasteiger partial charge in [-0.15, -0.1) is 24.0 Å². The lowest BCUT2D eigenvalue weighted by atomic mass is 10.0. The fourth-order valence-electron chi connectivity index (χ4n) is 3.16. The van der Waals surface area contributed by atoms with E-state index in [1.807, 2.05) is 19.2 Å². The molecule has 0 aromatic heterocycles. The molecule has 1 saturated heterocycles. The Morgan fingerprint density at radius 1 is 1.38 bits per heavy atom. The number of likely N-dealkylation sites (tertiary alicyclic amines) is 1. The SMILES string of the molecule is CN=C(NCc1cc(Cl)c2c(c1)OCCO2)N1CCCC(C)C1.I. The smallest absolute Gasteiger partial charge is 0.193 e. The Morgan fingerprint density at radius 3 is 2.92 bits per heavy atom. The minimum atomic E-state index is 0. The lowest BCUT2D eigenvalue weighted by molar-refractivity contribution is 0.171. The number of benzene rings is 1. The standard InChI is InChI=1S/C17H24ClN3O2.HI/c1-12-4-3-5-21(11-12)17(19-2)20-10-13-8-14(18)16-15(9-13)22-6-7-23-16;/h8-9,12H,3-7,10-11H2,1-2H3,(H,19,20);1H. The Hall–Kier alpha value is -0.890. The molecule has 5 nitrogen and oxygen atoms in total. The van der Waals surface area contributed by atoms with Crippen molar-refractivity contribution in [3.63, 3.8) is 0 Å². The molecule has 1 atom stereocenters. The van der Waals surface area contributed by atoms with Crippen LogP contribution >= 0.6 is 35.6 Å². The molecular formula is C17H25ClIN3O2. The van der Waals surface area contributed by atoms with E-state index in [1.165, 1.54) is 12.8 Å². The Labute approximate surface area is 165 Å². The van der Waals surface area contributed by atoms with E-state index in [1.54, 1.807) is 0 Å². The summed E-state index contributed by atoms with van der Waals surface area (Å²) in [6, 6.07) is 3.91. The van der Waals surface area contributed by atoms with Crippen LogP contribution in [0.4, 0.5) is 0 Å². The first-order valence-electron chi connectivity index (χ1n) is 8.21. The van der Waals surface area contributed by atoms with Crippen molar-refractivity contribution in [2.75, 3.05) is 33.4 Å². The summed E-state index contributed by atoms with van der Waals surface area (Å²) in [5, 5.41) is 4.03. The van der Waals surface area contributed by atoms with Crippen molar-refractivity contribution in [1.82, 2.24) is 10.2 Å². The van der Waals surface area contributed by atoms with Crippen LogP contribution < -0.4 is 14.8 Å². The van der Waals surface area contributed by atoms with Crippen LogP contribution in [0, 0.1) is 5.92 Å². The van der Waals surface area contributed by atoms with Crippen LogP contribution in [0.25, 0.3) is 0 Å². The number of fused-ring (bicyclic) bond motifs is 1. The van der Waals surface area contributed by atoms with Gasteiger partial charge in [0.2, 0.25) is 0 Å². The van der Waals surface area contributed by atoms with Gasteiger partial charge in [-0.2, -0.15) is 0 Å². The van der Waals surface area contributed by atoms with Crippen LogP contribution in [0.5, 0.6) is 11.5 Å². The monoisotopic (exact) mass is 465 g/mol. The third kappa shape index (κ3) is 4.59. The second-order valence-corrected chi connectivity index (χ2v) is 6.60. The van der Waals surface area contributed by atoms with Gasteiger partial charge in [0.1, 0.15) is 13.2 Å². The van der Waals surface area contributed by atoms with Gasteiger partial charge in [-0.25, -0.2) is 0 Å². The topological polar surface area (TPSA) is 46.1 Å². The van der Waals surface area contributed by atoms with Gasteiger partial charge in [0.05, 0.1) is 5.02 Å². The molecular weight excluding hydrogens is 441 g/mol. The highest BCUT2D eigenvalue weighted by molar-refractivity contribution is 14.0. The van der Waals surface area contributed by atoms with Gasteiger partial charge in [0, 0.05) is 26.7 Å². The maximum absolute atomic E-state index is 6.29. The van der Waals surface area contributed by atoms with E-state index < -0.39 is 0 Å². The number of piperidine rings is 1. The Bertz CT molecular complexity index is 597. The molecule has 0 radical (unpaired) electrons. The summed E-state index contributed by atoms with van der Waals surface area (Å²) in [6.45, 7) is 6.18. The first-order chi connectivity index (χ1) is 11.2. The Balaban J connectivity index is 0.00000208. The summed E-state index contributed by atoms with van der Waals surface area (Å²) in [7, 11) is 1.83. The van der Waals surface area contributed by atoms with Crippen molar-refractivity contribution in [3.05, 3.63) is 22.7 Å². The normalized spacial score (nSPS) is 20.4. The zero-order valence-corrected chi connectivity index (χ0v) is 17.3. The van der Waals surface area contributed by atoms with E-state index in [9.17, 15) is 0 Å². The predicted molar refractivity (Wildman–Crippen MR) is 108 cm³/mol. The minimum Gasteiger partial charge on any atom is -0.486 e. The summed E-state index contributed by atoms with van der Waals surface area (Å²) in [6.07, 6.45) is 2.52. The maximum atomic E-state index is 6.29. The van der Waals surface area contributed by atoms with Gasteiger partial charge >= 0.3 is 0 Å². The van der Waals surface area contributed by atoms with E-state index >= 15 is 0 Å². The third-order valence-corrected chi connectivity index (χ3v) is 4.56. The van der Waals surface area contributed by atoms with E-state index in [4.69, 9.17) is 21.1 Å². The zero-order valence-electron chi connectivity index (χ0n) is 14.2. The fourth-order valence-corrected chi connectivity index (χ4v) is 3.45. The number of nitrogens with one attached hydrogen (secondary N) is 1. The van der Waals surface area contributed by atoms with Crippen LogP contribution in [-0.4, -0.2) is 44.2 Å². The molecule has 0 amide bonds. The van der Waals surface area contributed by atoms with Gasteiger partial charge in [0.15, 0.2) is 17.5 Å². The van der Waals surface area contributed by atoms with Crippen molar-refractivity contribution in [1.29, 1.82) is 0 Å². The Morgan fingerprint density at radius 2 is 2.17 bits per heavy atom. The molecule has 0 aliphatic carbocycles. The molecule has 2 heterocycles. The molecule has 2 aliphatic heterocycles. The van der Waals surface area contributed by atoms with E-state index in [0.29, 0.717) is 36.4 Å². The molecule has 7 heteroatoms. The summed E-state index contributed by atoms with van der Waals surface area (Å²) in [5.74, 6) is 3.03. The highest BCUT2D eigenvalue weighted by Crippen LogP contribution is 2.38. The Kier molecular flexibility index (Phi) is 7.28. The van der Waals surface area contributed by atoms with E-state index in [2.05, 4.69) is 22.1 Å². The lowest BCUT2D eigenvalue weighted by Gasteiger charge is -2.33. The fraction of sp³-hybridized carbons (Fsp3) is 0.588. The number of ether oxygens (including phenoxy) is 2. The summed E-state index contributed by atoms with van der Waals surface area (Å²) in [4.78, 5) is 6.74. The molecule has 1 fully saturated rings. The molecule has 0 bridgehead atoms.